The van der Waals surface area contributed by atoms with Crippen LogP contribution < -0.4 is 5.32 Å². The molecule has 1 unspecified atom stereocenters. The Morgan fingerprint density at radius 2 is 2.24 bits per heavy atom. The van der Waals surface area contributed by atoms with Crippen LogP contribution in [-0.2, 0) is 16.8 Å². The molecule has 1 aliphatic heterocycles. The van der Waals surface area contributed by atoms with Gasteiger partial charge in [-0.25, -0.2) is 0 Å². The summed E-state index contributed by atoms with van der Waals surface area (Å²) in [6.07, 6.45) is 4.52. The maximum Gasteiger partial charge on any atom is 0.282 e. The predicted molar refractivity (Wildman–Crippen MR) is 82.1 cm³/mol. The van der Waals surface area contributed by atoms with Crippen molar-refractivity contribution in [2.24, 2.45) is 0 Å². The van der Waals surface area contributed by atoms with Crippen molar-refractivity contribution in [2.45, 2.75) is 38.8 Å². The van der Waals surface area contributed by atoms with Crippen molar-refractivity contribution in [3.8, 4) is 0 Å². The highest BCUT2D eigenvalue weighted by Gasteiger charge is 2.34. The summed E-state index contributed by atoms with van der Waals surface area (Å²) in [6.45, 7) is 3.48. The molecule has 1 atom stereocenters. The van der Waals surface area contributed by atoms with Gasteiger partial charge >= 0.3 is 0 Å². The van der Waals surface area contributed by atoms with Gasteiger partial charge in [-0.15, -0.1) is 0 Å². The van der Waals surface area contributed by atoms with E-state index in [1.165, 1.54) is 4.31 Å². The second-order valence-corrected chi connectivity index (χ2v) is 7.57. The molecule has 2 heterocycles. The number of piperidine rings is 1. The number of hydrogen-bond donors (Lipinski definition) is 1. The van der Waals surface area contributed by atoms with Crippen molar-refractivity contribution in [1.82, 2.24) is 13.9 Å². The average molecular weight is 315 g/mol. The van der Waals surface area contributed by atoms with Crippen LogP contribution >= 0.6 is 0 Å². The van der Waals surface area contributed by atoms with Crippen LogP contribution in [0, 0.1) is 6.92 Å². The first-order valence-electron chi connectivity index (χ1n) is 7.37. The number of likely N-dealkylation sites (N-methyl/N-ethyl adjacent to an activating group) is 1. The topological polar surface area (TPSA) is 65.8 Å². The van der Waals surface area contributed by atoms with E-state index in [0.717, 1.165) is 30.6 Å². The highest BCUT2D eigenvalue weighted by molar-refractivity contribution is 7.86. The molecule has 7 heteroatoms. The molecule has 0 bridgehead atoms. The Balaban J connectivity index is 2.13. The van der Waals surface area contributed by atoms with Crippen molar-refractivity contribution in [3.63, 3.8) is 0 Å². The maximum atomic E-state index is 12.8. The monoisotopic (exact) mass is 315 g/mol. The second-order valence-electron chi connectivity index (χ2n) is 5.58. The van der Waals surface area contributed by atoms with Crippen LogP contribution in [0.15, 0.2) is 16.7 Å². The fourth-order valence-corrected chi connectivity index (χ4v) is 4.37. The first-order valence-corrected chi connectivity index (χ1v) is 8.77. The van der Waals surface area contributed by atoms with Crippen molar-refractivity contribution < 1.29 is 12.8 Å². The molecule has 0 amide bonds. The van der Waals surface area contributed by atoms with Gasteiger partial charge in [0.2, 0.25) is 0 Å². The third-order valence-electron chi connectivity index (χ3n) is 4.06. The molecule has 6 nitrogen and oxygen atoms in total. The summed E-state index contributed by atoms with van der Waals surface area (Å²) in [5, 5.41) is 3.09. The van der Waals surface area contributed by atoms with E-state index in [1.54, 1.807) is 17.6 Å². The molecule has 0 spiro atoms. The highest BCUT2D eigenvalue weighted by Crippen LogP contribution is 2.23. The molecule has 21 heavy (non-hydrogen) atoms. The van der Waals surface area contributed by atoms with Crippen LogP contribution in [0.3, 0.4) is 0 Å². The molecule has 1 aromatic heterocycles. The van der Waals surface area contributed by atoms with Gasteiger partial charge in [-0.2, -0.15) is 17.0 Å². The molecule has 1 aliphatic rings. The summed E-state index contributed by atoms with van der Waals surface area (Å²) in [5.41, 5.74) is 0.906. The summed E-state index contributed by atoms with van der Waals surface area (Å²) in [5.74, 6) is 0.766. The number of furan rings is 1. The molecule has 0 aliphatic carbocycles. The standard InChI is InChI=1S/C14H25N3O3S/c1-12-13(7-9-20-12)11-16(3)21(18,19)17-8-5-4-6-14(17)10-15-2/h7,9,14-15H,4-6,8,10-11H2,1-3H3. The van der Waals surface area contributed by atoms with Crippen molar-refractivity contribution in [1.29, 1.82) is 0 Å². The fraction of sp³-hybridized carbons (Fsp3) is 0.714. The summed E-state index contributed by atoms with van der Waals surface area (Å²) < 4.78 is 33.9. The van der Waals surface area contributed by atoms with E-state index in [4.69, 9.17) is 4.42 Å². The largest absolute Gasteiger partial charge is 0.469 e. The number of hydrogen-bond acceptors (Lipinski definition) is 4. The zero-order valence-corrected chi connectivity index (χ0v) is 13.8. The van der Waals surface area contributed by atoms with Gasteiger partial charge in [0.1, 0.15) is 5.76 Å². The summed E-state index contributed by atoms with van der Waals surface area (Å²) in [4.78, 5) is 0. The van der Waals surface area contributed by atoms with Gasteiger partial charge in [-0.3, -0.25) is 0 Å². The molecule has 120 valence electrons. The lowest BCUT2D eigenvalue weighted by molar-refractivity contribution is 0.232. The van der Waals surface area contributed by atoms with Crippen molar-refractivity contribution >= 4 is 10.2 Å². The SMILES string of the molecule is CNCC1CCCCN1S(=O)(=O)N(C)Cc1ccoc1C. The number of rotatable bonds is 6. The summed E-state index contributed by atoms with van der Waals surface area (Å²) >= 11 is 0. The van der Waals surface area contributed by atoms with E-state index < -0.39 is 10.2 Å². The third-order valence-corrected chi connectivity index (χ3v) is 6.05. The predicted octanol–water partition coefficient (Wildman–Crippen LogP) is 1.34. The molecule has 1 fully saturated rings. The highest BCUT2D eigenvalue weighted by atomic mass is 32.2. The van der Waals surface area contributed by atoms with Crippen molar-refractivity contribution in [2.75, 3.05) is 27.2 Å². The minimum absolute atomic E-state index is 0.0432. The van der Waals surface area contributed by atoms with Gasteiger partial charge in [-0.05, 0) is 32.9 Å². The minimum Gasteiger partial charge on any atom is -0.469 e. The van der Waals surface area contributed by atoms with Crippen LogP contribution in [0.5, 0.6) is 0 Å². The lowest BCUT2D eigenvalue weighted by Crippen LogP contribution is -2.52. The van der Waals surface area contributed by atoms with Gasteiger partial charge in [0.05, 0.1) is 6.26 Å². The second kappa shape index (κ2) is 6.91. The summed E-state index contributed by atoms with van der Waals surface area (Å²) in [7, 11) is 0.0496. The third kappa shape index (κ3) is 3.66. The Kier molecular flexibility index (Phi) is 5.43. The molecule has 1 aromatic rings. The molecular weight excluding hydrogens is 290 g/mol. The Bertz CT molecular complexity index is 554. The minimum atomic E-state index is -3.44. The van der Waals surface area contributed by atoms with E-state index in [-0.39, 0.29) is 6.04 Å². The molecule has 0 aromatic carbocycles. The van der Waals surface area contributed by atoms with Crippen molar-refractivity contribution in [3.05, 3.63) is 23.7 Å². The van der Waals surface area contributed by atoms with E-state index in [9.17, 15) is 8.42 Å². The number of nitrogens with zero attached hydrogens (tertiary/aromatic N) is 2. The van der Waals surface area contributed by atoms with E-state index in [2.05, 4.69) is 5.32 Å². The van der Waals surface area contributed by atoms with Crippen LogP contribution in [-0.4, -0.2) is 50.3 Å². The van der Waals surface area contributed by atoms with Gasteiger partial charge in [0, 0.05) is 38.3 Å². The number of aryl methyl sites for hydroxylation is 1. The van der Waals surface area contributed by atoms with Crippen LogP contribution in [0.25, 0.3) is 0 Å². The Morgan fingerprint density at radius 1 is 1.48 bits per heavy atom. The lowest BCUT2D eigenvalue weighted by atomic mass is 10.1. The lowest BCUT2D eigenvalue weighted by Gasteiger charge is -2.36. The molecule has 2 rings (SSSR count). The molecular formula is C14H25N3O3S. The van der Waals surface area contributed by atoms with E-state index in [1.807, 2.05) is 20.0 Å². The van der Waals surface area contributed by atoms with E-state index >= 15 is 0 Å². The van der Waals surface area contributed by atoms with Gasteiger partial charge in [0.15, 0.2) is 0 Å². The fourth-order valence-electron chi connectivity index (χ4n) is 2.79. The first kappa shape index (κ1) is 16.5. The quantitative estimate of drug-likeness (QED) is 0.860. The average Bonchev–Trinajstić information content (AvgIpc) is 2.85. The Hall–Kier alpha value is -0.890. The van der Waals surface area contributed by atoms with Crippen LogP contribution in [0.4, 0.5) is 0 Å². The van der Waals surface area contributed by atoms with Gasteiger partial charge < -0.3 is 9.73 Å². The molecule has 1 N–H and O–H groups in total. The molecule has 0 saturated carbocycles. The maximum absolute atomic E-state index is 12.8. The zero-order chi connectivity index (χ0) is 15.5. The number of nitrogens with one attached hydrogen (secondary N) is 1. The zero-order valence-electron chi connectivity index (χ0n) is 13.0. The van der Waals surface area contributed by atoms with Crippen LogP contribution in [0.2, 0.25) is 0 Å². The Labute approximate surface area is 127 Å². The smallest absolute Gasteiger partial charge is 0.282 e. The van der Waals surface area contributed by atoms with Crippen LogP contribution in [0.1, 0.15) is 30.6 Å². The normalized spacial score (nSPS) is 21.0. The summed E-state index contributed by atoms with van der Waals surface area (Å²) in [6, 6.07) is 1.87. The first-order chi connectivity index (χ1) is 9.96. The molecule has 1 saturated heterocycles. The van der Waals surface area contributed by atoms with Gasteiger partial charge in [-0.1, -0.05) is 6.42 Å². The van der Waals surface area contributed by atoms with E-state index in [0.29, 0.717) is 19.6 Å². The Morgan fingerprint density at radius 3 is 2.86 bits per heavy atom. The molecule has 0 radical (unpaired) electrons. The van der Waals surface area contributed by atoms with Gasteiger partial charge in [0.25, 0.3) is 10.2 Å².